The van der Waals surface area contributed by atoms with Gasteiger partial charge < -0.3 is 15.6 Å². The maximum Gasteiger partial charge on any atom is 0.267 e. The molecule has 0 aliphatic heterocycles. The quantitative estimate of drug-likeness (QED) is 0.332. The molecule has 1 unspecified atom stereocenters. The van der Waals surface area contributed by atoms with E-state index in [1.807, 2.05) is 85.1 Å². The first-order valence-corrected chi connectivity index (χ1v) is 11.0. The average molecular weight is 458 g/mol. The summed E-state index contributed by atoms with van der Waals surface area (Å²) in [4.78, 5) is 28.1. The fourth-order valence-corrected chi connectivity index (χ4v) is 4.15. The van der Waals surface area contributed by atoms with Crippen molar-refractivity contribution in [3.05, 3.63) is 112 Å². The summed E-state index contributed by atoms with van der Waals surface area (Å²) in [5, 5.41) is 7.33. The zero-order valence-corrected chi connectivity index (χ0v) is 18.9. The third-order valence-corrected chi connectivity index (χ3v) is 5.75. The van der Waals surface area contributed by atoms with Crippen molar-refractivity contribution in [2.75, 3.05) is 6.54 Å². The topological polar surface area (TPSA) is 74.0 Å². The lowest BCUT2D eigenvalue weighted by molar-refractivity contribution is -0.122. The molecule has 6 heteroatoms. The van der Waals surface area contributed by atoms with Crippen LogP contribution in [-0.4, -0.2) is 23.3 Å². The maximum absolute atomic E-state index is 13.1. The number of aromatic amines is 1. The molecule has 33 heavy (non-hydrogen) atoms. The zero-order chi connectivity index (χ0) is 23.2. The van der Waals surface area contributed by atoms with E-state index in [4.69, 9.17) is 11.6 Å². The number of rotatable bonds is 7. The number of hydrogen-bond acceptors (Lipinski definition) is 2. The number of nitrogens with one attached hydrogen (secondary N) is 3. The summed E-state index contributed by atoms with van der Waals surface area (Å²) in [7, 11) is 0. The van der Waals surface area contributed by atoms with Gasteiger partial charge in [-0.15, -0.1) is 0 Å². The molecule has 2 amide bonds. The van der Waals surface area contributed by atoms with Crippen LogP contribution < -0.4 is 10.6 Å². The van der Waals surface area contributed by atoms with E-state index in [0.717, 1.165) is 27.6 Å². The molecule has 0 radical (unpaired) electrons. The number of para-hydroxylation sites is 1. The van der Waals surface area contributed by atoms with Crippen LogP contribution in [0.1, 0.15) is 29.5 Å². The van der Waals surface area contributed by atoms with Crippen molar-refractivity contribution in [1.82, 2.24) is 15.6 Å². The van der Waals surface area contributed by atoms with Crippen molar-refractivity contribution in [2.45, 2.75) is 12.8 Å². The molecule has 3 aromatic carbocycles. The Balaban J connectivity index is 1.65. The van der Waals surface area contributed by atoms with Crippen LogP contribution in [-0.2, 0) is 9.59 Å². The number of carbonyl (C=O) groups excluding carboxylic acids is 2. The predicted molar refractivity (Wildman–Crippen MR) is 133 cm³/mol. The molecule has 0 bridgehead atoms. The smallest absolute Gasteiger partial charge is 0.267 e. The van der Waals surface area contributed by atoms with Crippen LogP contribution in [0.5, 0.6) is 0 Å². The Kier molecular flexibility index (Phi) is 6.91. The fraction of sp³-hybridized carbons (Fsp3) is 0.111. The summed E-state index contributed by atoms with van der Waals surface area (Å²) in [6, 6.07) is 25.0. The van der Waals surface area contributed by atoms with E-state index in [1.165, 1.54) is 6.92 Å². The first-order valence-electron chi connectivity index (χ1n) is 10.7. The van der Waals surface area contributed by atoms with Crippen LogP contribution >= 0.6 is 11.6 Å². The third-order valence-electron chi connectivity index (χ3n) is 5.41. The molecular weight excluding hydrogens is 434 g/mol. The lowest BCUT2D eigenvalue weighted by atomic mass is 9.90. The molecule has 0 aliphatic carbocycles. The number of fused-ring (bicyclic) bond motifs is 1. The third kappa shape index (κ3) is 5.33. The minimum atomic E-state index is -0.369. The zero-order valence-electron chi connectivity index (χ0n) is 18.1. The summed E-state index contributed by atoms with van der Waals surface area (Å²) in [5.41, 5.74) is 3.96. The number of carbonyl (C=O) groups is 2. The molecule has 5 nitrogen and oxygen atoms in total. The van der Waals surface area contributed by atoms with Gasteiger partial charge in [0.2, 0.25) is 5.91 Å². The number of H-pyrrole nitrogens is 1. The van der Waals surface area contributed by atoms with Gasteiger partial charge in [0, 0.05) is 41.5 Å². The molecular formula is C27H24ClN3O2. The molecule has 0 saturated heterocycles. The molecule has 0 saturated carbocycles. The molecule has 3 N–H and O–H groups in total. The van der Waals surface area contributed by atoms with Gasteiger partial charge in [-0.3, -0.25) is 9.59 Å². The SMILES string of the molecule is CC(=O)N/C(=C\c1ccccc1)C(=O)NCC(c1ccccc1Cl)c1c[nH]c2ccccc12. The average Bonchev–Trinajstić information content (AvgIpc) is 3.24. The Bertz CT molecular complexity index is 1310. The van der Waals surface area contributed by atoms with Crippen LogP contribution in [0.25, 0.3) is 17.0 Å². The summed E-state index contributed by atoms with van der Waals surface area (Å²) in [5.74, 6) is -0.869. The van der Waals surface area contributed by atoms with Gasteiger partial charge in [0.25, 0.3) is 5.91 Å². The van der Waals surface area contributed by atoms with Crippen LogP contribution in [0.4, 0.5) is 0 Å². The molecule has 1 heterocycles. The standard InChI is InChI=1S/C27H24ClN3O2/c1-18(32)31-26(15-19-9-3-2-4-10-19)27(33)30-17-22(20-11-5-7-13-24(20)28)23-16-29-25-14-8-6-12-21(23)25/h2-16,22,29H,17H2,1H3,(H,30,33)(H,31,32)/b26-15-. The summed E-state index contributed by atoms with van der Waals surface area (Å²) in [6.45, 7) is 1.68. The lowest BCUT2D eigenvalue weighted by Crippen LogP contribution is -2.36. The van der Waals surface area contributed by atoms with Gasteiger partial charge in [-0.1, -0.05) is 78.3 Å². The first-order chi connectivity index (χ1) is 16.0. The summed E-state index contributed by atoms with van der Waals surface area (Å²) in [6.07, 6.45) is 3.62. The molecule has 0 fully saturated rings. The lowest BCUT2D eigenvalue weighted by Gasteiger charge is -2.20. The first kappa shape index (κ1) is 22.4. The van der Waals surface area contributed by atoms with Crippen LogP contribution in [0.15, 0.2) is 90.8 Å². The van der Waals surface area contributed by atoms with Crippen molar-refractivity contribution < 1.29 is 9.59 Å². The van der Waals surface area contributed by atoms with Crippen molar-refractivity contribution in [2.24, 2.45) is 0 Å². The number of amides is 2. The van der Waals surface area contributed by atoms with E-state index in [1.54, 1.807) is 6.08 Å². The molecule has 4 rings (SSSR count). The van der Waals surface area contributed by atoms with E-state index in [9.17, 15) is 9.59 Å². The highest BCUT2D eigenvalue weighted by atomic mass is 35.5. The minimum absolute atomic E-state index is 0.186. The van der Waals surface area contributed by atoms with E-state index in [-0.39, 0.29) is 23.4 Å². The van der Waals surface area contributed by atoms with E-state index in [0.29, 0.717) is 11.6 Å². The molecule has 1 aromatic heterocycles. The van der Waals surface area contributed by atoms with Gasteiger partial charge >= 0.3 is 0 Å². The van der Waals surface area contributed by atoms with Gasteiger partial charge in [-0.2, -0.15) is 0 Å². The second-order valence-corrected chi connectivity index (χ2v) is 8.13. The minimum Gasteiger partial charge on any atom is -0.361 e. The van der Waals surface area contributed by atoms with Crippen molar-refractivity contribution in [3.8, 4) is 0 Å². The van der Waals surface area contributed by atoms with E-state index in [2.05, 4.69) is 15.6 Å². The maximum atomic E-state index is 13.1. The van der Waals surface area contributed by atoms with Crippen LogP contribution in [0, 0.1) is 0 Å². The Morgan fingerprint density at radius 2 is 1.64 bits per heavy atom. The number of aromatic nitrogens is 1. The summed E-state index contributed by atoms with van der Waals surface area (Å²) >= 11 is 6.55. The monoisotopic (exact) mass is 457 g/mol. The van der Waals surface area contributed by atoms with E-state index < -0.39 is 0 Å². The van der Waals surface area contributed by atoms with Crippen LogP contribution in [0.2, 0.25) is 5.02 Å². The predicted octanol–water partition coefficient (Wildman–Crippen LogP) is 5.25. The van der Waals surface area contributed by atoms with Crippen molar-refractivity contribution in [3.63, 3.8) is 0 Å². The highest BCUT2D eigenvalue weighted by Gasteiger charge is 2.22. The van der Waals surface area contributed by atoms with Gasteiger partial charge in [-0.05, 0) is 34.9 Å². The Hall–Kier alpha value is -3.83. The van der Waals surface area contributed by atoms with Crippen molar-refractivity contribution in [1.29, 1.82) is 0 Å². The normalized spacial score (nSPS) is 12.4. The number of benzene rings is 3. The largest absolute Gasteiger partial charge is 0.361 e. The molecule has 1 atom stereocenters. The van der Waals surface area contributed by atoms with Gasteiger partial charge in [0.15, 0.2) is 0 Å². The second-order valence-electron chi connectivity index (χ2n) is 7.72. The number of hydrogen-bond donors (Lipinski definition) is 3. The molecule has 0 spiro atoms. The molecule has 0 aliphatic rings. The Morgan fingerprint density at radius 3 is 2.39 bits per heavy atom. The molecule has 166 valence electrons. The summed E-state index contributed by atoms with van der Waals surface area (Å²) < 4.78 is 0. The Morgan fingerprint density at radius 1 is 0.939 bits per heavy atom. The fourth-order valence-electron chi connectivity index (χ4n) is 3.88. The van der Waals surface area contributed by atoms with Gasteiger partial charge in [0.05, 0.1) is 0 Å². The van der Waals surface area contributed by atoms with Gasteiger partial charge in [0.1, 0.15) is 5.70 Å². The van der Waals surface area contributed by atoms with Crippen molar-refractivity contribution >= 4 is 40.4 Å². The Labute approximate surface area is 197 Å². The highest BCUT2D eigenvalue weighted by Crippen LogP contribution is 2.34. The van der Waals surface area contributed by atoms with Gasteiger partial charge in [-0.25, -0.2) is 0 Å². The highest BCUT2D eigenvalue weighted by molar-refractivity contribution is 6.31. The van der Waals surface area contributed by atoms with Crippen LogP contribution in [0.3, 0.4) is 0 Å². The number of halogens is 1. The molecule has 4 aromatic rings. The van der Waals surface area contributed by atoms with E-state index >= 15 is 0 Å². The second kappa shape index (κ2) is 10.2.